The van der Waals surface area contributed by atoms with E-state index in [4.69, 9.17) is 14.7 Å². The van der Waals surface area contributed by atoms with Crippen LogP contribution < -0.4 is 10.6 Å². The van der Waals surface area contributed by atoms with Crippen molar-refractivity contribution in [2.75, 3.05) is 0 Å². The Kier molecular flexibility index (Phi) is 10.6. The van der Waals surface area contributed by atoms with Crippen LogP contribution in [0.5, 0.6) is 0 Å². The average Bonchev–Trinajstić information content (AvgIpc) is 3.97. The summed E-state index contributed by atoms with van der Waals surface area (Å²) in [5, 5.41) is 9.43. The molecule has 0 saturated heterocycles. The molecule has 0 radical (unpaired) electrons. The number of para-hydroxylation sites is 2. The number of benzene rings is 5. The maximum Gasteiger partial charge on any atom is 0.149 e. The highest BCUT2D eigenvalue weighted by Gasteiger charge is 2.45. The number of allylic oxidation sites excluding steroid dienone is 7. The van der Waals surface area contributed by atoms with E-state index in [1.807, 2.05) is 0 Å². The zero-order chi connectivity index (χ0) is 45.0. The second-order valence-electron chi connectivity index (χ2n) is 19.7. The molecule has 3 aliphatic heterocycles. The summed E-state index contributed by atoms with van der Waals surface area (Å²) in [6.07, 6.45) is 29.5. The molecule has 4 heterocycles. The first kappa shape index (κ1) is 41.2. The molecular weight excluding hydrogens is 831 g/mol. The van der Waals surface area contributed by atoms with Gasteiger partial charge >= 0.3 is 0 Å². The van der Waals surface area contributed by atoms with Gasteiger partial charge in [-0.25, -0.2) is 4.99 Å². The summed E-state index contributed by atoms with van der Waals surface area (Å²) in [6, 6.07) is 48.4. The van der Waals surface area contributed by atoms with E-state index in [2.05, 4.69) is 203 Å². The number of rotatable bonds is 8. The number of aliphatic imine (C=N–C) groups is 2. The third-order valence-electron chi connectivity index (χ3n) is 15.7. The maximum absolute atomic E-state index is 7.16. The predicted molar refractivity (Wildman–Crippen MR) is 278 cm³/mol. The van der Waals surface area contributed by atoms with Crippen LogP contribution in [0.4, 0.5) is 0 Å². The van der Waals surface area contributed by atoms with Crippen LogP contribution in [0, 0.1) is 17.8 Å². The Bertz CT molecular complexity index is 3140. The summed E-state index contributed by atoms with van der Waals surface area (Å²) in [5.41, 5.74) is 14.9. The highest BCUT2D eigenvalue weighted by Crippen LogP contribution is 2.53. The van der Waals surface area contributed by atoms with E-state index >= 15 is 0 Å². The average molecular weight is 888 g/mol. The minimum absolute atomic E-state index is 0.00252. The summed E-state index contributed by atoms with van der Waals surface area (Å²) in [6.45, 7) is 0. The van der Waals surface area contributed by atoms with E-state index in [0.29, 0.717) is 11.8 Å². The molecule has 4 aliphatic carbocycles. The quantitative estimate of drug-likeness (QED) is 0.160. The fraction of sp³-hybridized carbons (Fsp3) is 0.258. The Morgan fingerprint density at radius 3 is 2.31 bits per heavy atom. The fourth-order valence-electron chi connectivity index (χ4n) is 12.3. The molecule has 1 aromatic heterocycles. The molecule has 13 rings (SSSR count). The smallest absolute Gasteiger partial charge is 0.149 e. The van der Waals surface area contributed by atoms with Gasteiger partial charge in [0.15, 0.2) is 0 Å². The van der Waals surface area contributed by atoms with Crippen molar-refractivity contribution < 1.29 is 4.74 Å². The Morgan fingerprint density at radius 1 is 0.706 bits per heavy atom. The van der Waals surface area contributed by atoms with Crippen LogP contribution in [-0.4, -0.2) is 28.8 Å². The van der Waals surface area contributed by atoms with Crippen molar-refractivity contribution in [3.05, 3.63) is 221 Å². The first-order valence-corrected chi connectivity index (χ1v) is 25.1. The van der Waals surface area contributed by atoms with Gasteiger partial charge in [-0.05, 0) is 88.9 Å². The van der Waals surface area contributed by atoms with E-state index in [0.717, 1.165) is 36.5 Å². The molecule has 6 aromatic rings. The third-order valence-corrected chi connectivity index (χ3v) is 15.7. The molecule has 6 nitrogen and oxygen atoms in total. The number of dihydropyridines is 1. The molecule has 5 aromatic carbocycles. The van der Waals surface area contributed by atoms with Gasteiger partial charge in [0.25, 0.3) is 0 Å². The SMILES string of the molecule is C1=CCC(c2cc(C3=CC(C4NC(C5CCCCC5)=NC(c5ccccc5)N4)C(C4=CC5=C(CC4)O[C@H]4c6c(c7ccccc7n6-c6ccccc6)C=CC54)N=C3)cc(-c3ccccc3)c2)C=C1. The van der Waals surface area contributed by atoms with Crippen LogP contribution >= 0.6 is 0 Å². The summed E-state index contributed by atoms with van der Waals surface area (Å²) >= 11 is 0. The fourth-order valence-corrected chi connectivity index (χ4v) is 12.3. The van der Waals surface area contributed by atoms with Crippen molar-refractivity contribution in [3.63, 3.8) is 0 Å². The van der Waals surface area contributed by atoms with Crippen LogP contribution in [0.3, 0.4) is 0 Å². The molecule has 1 saturated carbocycles. The highest BCUT2D eigenvalue weighted by atomic mass is 16.5. The Labute approximate surface area is 400 Å². The van der Waals surface area contributed by atoms with Crippen LogP contribution in [0.2, 0.25) is 0 Å². The van der Waals surface area contributed by atoms with Gasteiger partial charge in [0.05, 0.1) is 23.4 Å². The standard InChI is InChI=1S/C62H57N5O/c1-6-18-40(19-7-1)45-34-46(41-20-8-2-9-21-41)36-47(35-45)48-38-54(62-65-60(42-22-10-3-11-23-42)64-61(66-62)43-24-12-4-13-25-43)57(63-39-48)44-30-33-56-53(37-44)52-32-31-51-50-28-16-17-29-55(50)67(58(51)59(52)68-56)49-26-14-5-15-27-49/h1-3,5-11,14-20,22-23,26-29,31-32,34-39,41,43,52,54,57,59-60,62,65H,4,12-13,21,24-25,30,33H2,(H,64,66)/t41?,52?,54?,57?,59-,60?,62?/m1/s1. The summed E-state index contributed by atoms with van der Waals surface area (Å²) in [7, 11) is 0. The van der Waals surface area contributed by atoms with E-state index < -0.39 is 0 Å². The second kappa shape index (κ2) is 17.6. The lowest BCUT2D eigenvalue weighted by Gasteiger charge is -2.41. The lowest BCUT2D eigenvalue weighted by Crippen LogP contribution is -2.58. The molecule has 2 N–H and O–H groups in total. The van der Waals surface area contributed by atoms with Gasteiger partial charge in [-0.3, -0.25) is 10.3 Å². The normalized spacial score (nSPS) is 26.3. The molecule has 6 heteroatoms. The Hall–Kier alpha value is -7.02. The summed E-state index contributed by atoms with van der Waals surface area (Å²) in [4.78, 5) is 11.2. The minimum Gasteiger partial charge on any atom is -0.487 e. The molecule has 336 valence electrons. The van der Waals surface area contributed by atoms with Gasteiger partial charge in [-0.1, -0.05) is 177 Å². The Morgan fingerprint density at radius 2 is 1.49 bits per heavy atom. The molecule has 0 spiro atoms. The first-order valence-electron chi connectivity index (χ1n) is 25.1. The van der Waals surface area contributed by atoms with Crippen LogP contribution in [-0.2, 0) is 4.74 Å². The van der Waals surface area contributed by atoms with Crippen LogP contribution in [0.25, 0.3) is 39.4 Å². The number of aromatic nitrogens is 1. The number of hydrogen-bond donors (Lipinski definition) is 2. The topological polar surface area (TPSA) is 62.9 Å². The van der Waals surface area contributed by atoms with Gasteiger partial charge in [0.1, 0.15) is 23.9 Å². The van der Waals surface area contributed by atoms with E-state index in [1.54, 1.807) is 0 Å². The molecule has 1 fully saturated rings. The Balaban J connectivity index is 0.905. The van der Waals surface area contributed by atoms with Gasteiger partial charge in [0.2, 0.25) is 0 Å². The zero-order valence-corrected chi connectivity index (χ0v) is 38.4. The van der Waals surface area contributed by atoms with Crippen molar-refractivity contribution in [1.82, 2.24) is 15.2 Å². The van der Waals surface area contributed by atoms with Gasteiger partial charge in [-0.2, -0.15) is 0 Å². The molecule has 0 bridgehead atoms. The molecule has 7 aliphatic rings. The van der Waals surface area contributed by atoms with Gasteiger partial charge in [0, 0.05) is 58.5 Å². The molecular formula is C62H57N5O. The van der Waals surface area contributed by atoms with Crippen molar-refractivity contribution in [3.8, 4) is 16.8 Å². The lowest BCUT2D eigenvalue weighted by atomic mass is 9.78. The highest BCUT2D eigenvalue weighted by molar-refractivity contribution is 6.11. The molecule has 0 amide bonds. The number of nitrogens with one attached hydrogen (secondary N) is 2. The van der Waals surface area contributed by atoms with Crippen molar-refractivity contribution in [1.29, 1.82) is 0 Å². The lowest BCUT2D eigenvalue weighted by molar-refractivity contribution is 0.114. The zero-order valence-electron chi connectivity index (χ0n) is 38.4. The minimum atomic E-state index is -0.154. The van der Waals surface area contributed by atoms with Crippen molar-refractivity contribution in [2.24, 2.45) is 27.7 Å². The largest absolute Gasteiger partial charge is 0.487 e. The maximum atomic E-state index is 7.16. The third kappa shape index (κ3) is 7.46. The molecule has 7 atom stereocenters. The monoisotopic (exact) mass is 887 g/mol. The number of amidine groups is 1. The van der Waals surface area contributed by atoms with E-state index in [9.17, 15) is 0 Å². The van der Waals surface area contributed by atoms with Gasteiger partial charge in [-0.15, -0.1) is 0 Å². The van der Waals surface area contributed by atoms with Crippen molar-refractivity contribution in [2.45, 2.75) is 81.8 Å². The number of hydrogen-bond acceptors (Lipinski definition) is 5. The number of fused-ring (bicyclic) bond motifs is 6. The molecule has 6 unspecified atom stereocenters. The van der Waals surface area contributed by atoms with E-state index in [-0.39, 0.29) is 36.3 Å². The van der Waals surface area contributed by atoms with Gasteiger partial charge < -0.3 is 14.6 Å². The number of ether oxygens (including phenoxy) is 1. The molecule has 68 heavy (non-hydrogen) atoms. The predicted octanol–water partition coefficient (Wildman–Crippen LogP) is 13.9. The second-order valence-corrected chi connectivity index (χ2v) is 19.7. The summed E-state index contributed by atoms with van der Waals surface area (Å²) in [5.74, 6) is 3.14. The van der Waals surface area contributed by atoms with Crippen molar-refractivity contribution >= 4 is 34.6 Å². The summed E-state index contributed by atoms with van der Waals surface area (Å²) < 4.78 is 9.60. The number of nitrogens with zero attached hydrogens (tertiary/aromatic N) is 3. The van der Waals surface area contributed by atoms with Crippen LogP contribution in [0.15, 0.2) is 203 Å². The van der Waals surface area contributed by atoms with Crippen LogP contribution in [0.1, 0.15) is 97.5 Å². The van der Waals surface area contributed by atoms with E-state index in [1.165, 1.54) is 98.8 Å². The first-order chi connectivity index (χ1) is 33.7.